The zero-order valence-corrected chi connectivity index (χ0v) is 12.8. The summed E-state index contributed by atoms with van der Waals surface area (Å²) in [5, 5.41) is 2.98. The summed E-state index contributed by atoms with van der Waals surface area (Å²) in [6.45, 7) is 0.447. The number of carbonyl (C=O) groups is 2. The maximum atomic E-state index is 12.9. The largest absolute Gasteiger partial charge is 0.342 e. The Morgan fingerprint density at radius 1 is 1.20 bits per heavy atom. The highest BCUT2D eigenvalue weighted by Gasteiger charge is 2.46. The molecule has 3 rings (SSSR count). The van der Waals surface area contributed by atoms with E-state index in [0.29, 0.717) is 13.0 Å². The molecule has 2 aliphatic rings. The van der Waals surface area contributed by atoms with Crippen molar-refractivity contribution >= 4 is 33.4 Å². The van der Waals surface area contributed by atoms with Gasteiger partial charge in [0, 0.05) is 23.1 Å². The molecule has 0 aromatic heterocycles. The van der Waals surface area contributed by atoms with Crippen LogP contribution in [0.4, 0.5) is 5.69 Å². The van der Waals surface area contributed by atoms with E-state index in [-0.39, 0.29) is 11.8 Å². The maximum Gasteiger partial charge on any atom is 0.252 e. The summed E-state index contributed by atoms with van der Waals surface area (Å²) in [5.41, 5.74) is 0.183. The van der Waals surface area contributed by atoms with E-state index >= 15 is 0 Å². The van der Waals surface area contributed by atoms with Crippen LogP contribution in [-0.4, -0.2) is 23.9 Å². The highest BCUT2D eigenvalue weighted by molar-refractivity contribution is 9.10. The topological polar surface area (TPSA) is 49.4 Å². The molecule has 1 aliphatic heterocycles. The zero-order chi connectivity index (χ0) is 14.2. The molecule has 5 heteroatoms. The van der Waals surface area contributed by atoms with E-state index in [4.69, 9.17) is 0 Å². The van der Waals surface area contributed by atoms with Gasteiger partial charge in [-0.2, -0.15) is 0 Å². The van der Waals surface area contributed by atoms with Crippen molar-refractivity contribution in [2.45, 2.75) is 37.6 Å². The summed E-state index contributed by atoms with van der Waals surface area (Å²) in [5.74, 6) is 0.0247. The Bertz CT molecular complexity index is 553. The lowest BCUT2D eigenvalue weighted by Gasteiger charge is -2.31. The molecule has 1 aliphatic carbocycles. The Morgan fingerprint density at radius 2 is 1.95 bits per heavy atom. The van der Waals surface area contributed by atoms with Gasteiger partial charge in [0.25, 0.3) is 5.91 Å². The van der Waals surface area contributed by atoms with Crippen molar-refractivity contribution in [1.82, 2.24) is 5.32 Å². The fourth-order valence-electron chi connectivity index (χ4n) is 3.16. The zero-order valence-electron chi connectivity index (χ0n) is 11.2. The molecule has 2 fully saturated rings. The summed E-state index contributed by atoms with van der Waals surface area (Å²) >= 11 is 3.43. The van der Waals surface area contributed by atoms with E-state index in [1.807, 2.05) is 24.3 Å². The molecule has 0 atom stereocenters. The smallest absolute Gasteiger partial charge is 0.252 e. The minimum Gasteiger partial charge on any atom is -0.342 e. The number of rotatable bonds is 1. The SMILES string of the molecule is O=C1CCN(c2cccc(Br)c2)C(=O)C2(CCCC2)N1. The third kappa shape index (κ3) is 2.35. The van der Waals surface area contributed by atoms with E-state index in [1.54, 1.807) is 4.90 Å². The van der Waals surface area contributed by atoms with Gasteiger partial charge in [0.1, 0.15) is 5.54 Å². The predicted molar refractivity (Wildman–Crippen MR) is 80.5 cm³/mol. The van der Waals surface area contributed by atoms with Crippen molar-refractivity contribution in [1.29, 1.82) is 0 Å². The molecule has 1 aromatic rings. The van der Waals surface area contributed by atoms with E-state index in [9.17, 15) is 9.59 Å². The Kier molecular flexibility index (Phi) is 3.54. The van der Waals surface area contributed by atoms with Crippen LogP contribution in [0.5, 0.6) is 0 Å². The second-order valence-electron chi connectivity index (χ2n) is 5.52. The first kappa shape index (κ1) is 13.6. The predicted octanol–water partition coefficient (Wildman–Crippen LogP) is 2.61. The molecule has 4 nitrogen and oxygen atoms in total. The average Bonchev–Trinajstić information content (AvgIpc) is 2.83. The molecule has 0 bridgehead atoms. The Morgan fingerprint density at radius 3 is 2.65 bits per heavy atom. The Labute approximate surface area is 126 Å². The third-order valence-corrected chi connectivity index (χ3v) is 4.67. The van der Waals surface area contributed by atoms with Gasteiger partial charge in [0.15, 0.2) is 0 Å². The number of carbonyl (C=O) groups excluding carboxylic acids is 2. The van der Waals surface area contributed by atoms with Gasteiger partial charge in [0.05, 0.1) is 0 Å². The summed E-state index contributed by atoms with van der Waals surface area (Å²) in [6, 6.07) is 7.69. The molecule has 1 saturated heterocycles. The molecule has 1 aromatic carbocycles. The molecule has 0 unspecified atom stereocenters. The molecule has 1 N–H and O–H groups in total. The summed E-state index contributed by atoms with van der Waals surface area (Å²) in [6.07, 6.45) is 3.86. The summed E-state index contributed by atoms with van der Waals surface area (Å²) < 4.78 is 0.937. The minimum absolute atomic E-state index is 0.0160. The number of nitrogens with one attached hydrogen (secondary N) is 1. The minimum atomic E-state index is -0.671. The fraction of sp³-hybridized carbons (Fsp3) is 0.467. The van der Waals surface area contributed by atoms with Crippen molar-refractivity contribution < 1.29 is 9.59 Å². The van der Waals surface area contributed by atoms with Crippen LogP contribution in [0.3, 0.4) is 0 Å². The molecule has 1 spiro atoms. The molecule has 0 radical (unpaired) electrons. The molecule has 20 heavy (non-hydrogen) atoms. The normalized spacial score (nSPS) is 21.9. The Balaban J connectivity index is 1.98. The Hall–Kier alpha value is -1.36. The second kappa shape index (κ2) is 5.20. The van der Waals surface area contributed by atoms with Gasteiger partial charge in [-0.25, -0.2) is 0 Å². The number of amides is 2. The maximum absolute atomic E-state index is 12.9. The van der Waals surface area contributed by atoms with Crippen LogP contribution in [-0.2, 0) is 9.59 Å². The quantitative estimate of drug-likeness (QED) is 0.856. The molecule has 1 heterocycles. The van der Waals surface area contributed by atoms with Gasteiger partial charge in [-0.15, -0.1) is 0 Å². The number of benzene rings is 1. The van der Waals surface area contributed by atoms with Crippen LogP contribution >= 0.6 is 15.9 Å². The lowest BCUT2D eigenvalue weighted by atomic mass is 9.95. The number of hydrogen-bond donors (Lipinski definition) is 1. The highest BCUT2D eigenvalue weighted by Crippen LogP contribution is 2.35. The van der Waals surface area contributed by atoms with Gasteiger partial charge in [-0.1, -0.05) is 34.8 Å². The first-order valence-electron chi connectivity index (χ1n) is 6.99. The van der Waals surface area contributed by atoms with Crippen LogP contribution in [0.15, 0.2) is 28.7 Å². The van der Waals surface area contributed by atoms with Gasteiger partial charge in [-0.05, 0) is 31.0 Å². The van der Waals surface area contributed by atoms with Crippen LogP contribution in [0.1, 0.15) is 32.1 Å². The third-order valence-electron chi connectivity index (χ3n) is 4.17. The lowest BCUT2D eigenvalue weighted by Crippen LogP contribution is -2.55. The fourth-order valence-corrected chi connectivity index (χ4v) is 3.55. The van der Waals surface area contributed by atoms with E-state index in [1.165, 1.54) is 0 Å². The average molecular weight is 337 g/mol. The molecular formula is C15H17BrN2O2. The van der Waals surface area contributed by atoms with Crippen LogP contribution in [0.25, 0.3) is 0 Å². The van der Waals surface area contributed by atoms with Gasteiger partial charge in [0.2, 0.25) is 5.91 Å². The van der Waals surface area contributed by atoms with Crippen molar-refractivity contribution in [3.8, 4) is 0 Å². The number of halogens is 1. The van der Waals surface area contributed by atoms with E-state index in [0.717, 1.165) is 35.8 Å². The molecule has 1 saturated carbocycles. The standard InChI is InChI=1S/C15H17BrN2O2/c16-11-4-3-5-12(10-11)18-9-6-13(19)17-15(14(18)20)7-1-2-8-15/h3-5,10H,1-2,6-9H2,(H,17,19). The first-order valence-corrected chi connectivity index (χ1v) is 7.79. The monoisotopic (exact) mass is 336 g/mol. The van der Waals surface area contributed by atoms with Crippen LogP contribution < -0.4 is 10.2 Å². The van der Waals surface area contributed by atoms with Crippen LogP contribution in [0.2, 0.25) is 0 Å². The highest BCUT2D eigenvalue weighted by atomic mass is 79.9. The summed E-state index contributed by atoms with van der Waals surface area (Å²) in [7, 11) is 0. The molecular weight excluding hydrogens is 320 g/mol. The first-order chi connectivity index (χ1) is 9.61. The number of hydrogen-bond acceptors (Lipinski definition) is 2. The number of nitrogens with zero attached hydrogens (tertiary/aromatic N) is 1. The van der Waals surface area contributed by atoms with Gasteiger partial charge < -0.3 is 10.2 Å². The lowest BCUT2D eigenvalue weighted by molar-refractivity contribution is -0.129. The van der Waals surface area contributed by atoms with E-state index in [2.05, 4.69) is 21.2 Å². The van der Waals surface area contributed by atoms with Gasteiger partial charge >= 0.3 is 0 Å². The van der Waals surface area contributed by atoms with Gasteiger partial charge in [-0.3, -0.25) is 9.59 Å². The van der Waals surface area contributed by atoms with E-state index < -0.39 is 5.54 Å². The molecule has 2 amide bonds. The molecule has 106 valence electrons. The summed E-state index contributed by atoms with van der Waals surface area (Å²) in [4.78, 5) is 26.6. The van der Waals surface area contributed by atoms with Crippen molar-refractivity contribution in [2.75, 3.05) is 11.4 Å². The van der Waals surface area contributed by atoms with Crippen LogP contribution in [0, 0.1) is 0 Å². The van der Waals surface area contributed by atoms with Crippen molar-refractivity contribution in [2.24, 2.45) is 0 Å². The van der Waals surface area contributed by atoms with Crippen molar-refractivity contribution in [3.63, 3.8) is 0 Å². The van der Waals surface area contributed by atoms with Crippen molar-refractivity contribution in [3.05, 3.63) is 28.7 Å². The second-order valence-corrected chi connectivity index (χ2v) is 6.44. The number of anilines is 1.